The summed E-state index contributed by atoms with van der Waals surface area (Å²) in [7, 11) is 1.63. The molecule has 0 aromatic rings. The first kappa shape index (κ1) is 16.3. The third-order valence-electron chi connectivity index (χ3n) is 3.55. The molecule has 1 rings (SSSR count). The number of carbonyl (C=O) groups excluding carboxylic acids is 1. The molecule has 0 aromatic heterocycles. The number of ether oxygens (including phenoxy) is 1. The molecular weight excluding hydrogens is 266 g/mol. The second-order valence-corrected chi connectivity index (χ2v) is 6.07. The van der Waals surface area contributed by atoms with Gasteiger partial charge in [0, 0.05) is 19.4 Å². The summed E-state index contributed by atoms with van der Waals surface area (Å²) >= 11 is 1.50. The van der Waals surface area contributed by atoms with Crippen molar-refractivity contribution in [3.63, 3.8) is 0 Å². The van der Waals surface area contributed by atoms with Crippen LogP contribution in [0.4, 0.5) is 0 Å². The van der Waals surface area contributed by atoms with E-state index in [1.165, 1.54) is 11.8 Å². The molecule has 0 saturated heterocycles. The minimum Gasteiger partial charge on any atom is -0.481 e. The fraction of sp³-hybridized carbons (Fsp3) is 0.846. The zero-order chi connectivity index (χ0) is 14.1. The number of hydrogen-bond acceptors (Lipinski definition) is 4. The van der Waals surface area contributed by atoms with Gasteiger partial charge in [-0.3, -0.25) is 9.59 Å². The molecule has 19 heavy (non-hydrogen) atoms. The van der Waals surface area contributed by atoms with Gasteiger partial charge in [-0.05, 0) is 12.8 Å². The molecule has 0 bridgehead atoms. The molecule has 0 unspecified atom stereocenters. The Hall–Kier alpha value is -0.750. The van der Waals surface area contributed by atoms with Crippen LogP contribution in [0.3, 0.4) is 0 Å². The summed E-state index contributed by atoms with van der Waals surface area (Å²) in [6, 6.07) is 0. The maximum atomic E-state index is 11.6. The van der Waals surface area contributed by atoms with Gasteiger partial charge >= 0.3 is 5.97 Å². The highest BCUT2D eigenvalue weighted by Crippen LogP contribution is 2.35. The van der Waals surface area contributed by atoms with Crippen molar-refractivity contribution >= 4 is 23.6 Å². The molecule has 2 N–H and O–H groups in total. The second kappa shape index (κ2) is 8.43. The zero-order valence-electron chi connectivity index (χ0n) is 11.4. The number of thioether (sulfide) groups is 1. The first-order chi connectivity index (χ1) is 9.10. The summed E-state index contributed by atoms with van der Waals surface area (Å²) < 4.78 is 4.90. The third-order valence-corrected chi connectivity index (χ3v) is 4.47. The minimum atomic E-state index is -0.778. The number of carboxylic acids is 1. The van der Waals surface area contributed by atoms with Crippen molar-refractivity contribution in [2.75, 3.05) is 31.8 Å². The van der Waals surface area contributed by atoms with Gasteiger partial charge in [0.25, 0.3) is 0 Å². The number of carboxylic acid groups (broad SMARTS) is 1. The molecule has 1 fully saturated rings. The van der Waals surface area contributed by atoms with Crippen LogP contribution in [0.5, 0.6) is 0 Å². The summed E-state index contributed by atoms with van der Waals surface area (Å²) in [5, 5.41) is 12.1. The van der Waals surface area contributed by atoms with E-state index in [2.05, 4.69) is 5.32 Å². The SMILES string of the molecule is COCCSCC(=O)NCC1(C(=O)O)CCCCC1. The molecule has 5 nitrogen and oxygen atoms in total. The average Bonchev–Trinajstić information content (AvgIpc) is 2.42. The van der Waals surface area contributed by atoms with Crippen LogP contribution in [-0.2, 0) is 14.3 Å². The number of amides is 1. The van der Waals surface area contributed by atoms with E-state index in [-0.39, 0.29) is 12.5 Å². The Morgan fingerprint density at radius 3 is 2.58 bits per heavy atom. The predicted octanol–water partition coefficient (Wildman–Crippen LogP) is 1.52. The van der Waals surface area contributed by atoms with Crippen LogP contribution < -0.4 is 5.32 Å². The molecule has 6 heteroatoms. The van der Waals surface area contributed by atoms with Crippen LogP contribution in [-0.4, -0.2) is 48.8 Å². The van der Waals surface area contributed by atoms with E-state index in [1.54, 1.807) is 7.11 Å². The quantitative estimate of drug-likeness (QED) is 0.663. The molecule has 1 aliphatic rings. The van der Waals surface area contributed by atoms with Gasteiger partial charge in [0.05, 0.1) is 17.8 Å². The van der Waals surface area contributed by atoms with E-state index in [0.29, 0.717) is 25.2 Å². The highest BCUT2D eigenvalue weighted by Gasteiger charge is 2.39. The maximum Gasteiger partial charge on any atom is 0.311 e. The Labute approximate surface area is 118 Å². The predicted molar refractivity (Wildman–Crippen MR) is 75.4 cm³/mol. The van der Waals surface area contributed by atoms with Gasteiger partial charge in [-0.1, -0.05) is 19.3 Å². The minimum absolute atomic E-state index is 0.0905. The lowest BCUT2D eigenvalue weighted by atomic mass is 9.74. The van der Waals surface area contributed by atoms with Crippen LogP contribution in [0.2, 0.25) is 0 Å². The van der Waals surface area contributed by atoms with Crippen molar-refractivity contribution in [3.05, 3.63) is 0 Å². The molecule has 0 aliphatic heterocycles. The van der Waals surface area contributed by atoms with Gasteiger partial charge in [0.1, 0.15) is 0 Å². The van der Waals surface area contributed by atoms with Crippen molar-refractivity contribution < 1.29 is 19.4 Å². The Bertz CT molecular complexity index is 303. The topological polar surface area (TPSA) is 75.6 Å². The molecule has 1 aliphatic carbocycles. The van der Waals surface area contributed by atoms with Crippen LogP contribution >= 0.6 is 11.8 Å². The van der Waals surface area contributed by atoms with Gasteiger partial charge in [0.15, 0.2) is 0 Å². The molecule has 0 radical (unpaired) electrons. The van der Waals surface area contributed by atoms with Crippen molar-refractivity contribution in [3.8, 4) is 0 Å². The van der Waals surface area contributed by atoms with E-state index in [0.717, 1.165) is 25.0 Å². The monoisotopic (exact) mass is 289 g/mol. The number of hydrogen-bond donors (Lipinski definition) is 2. The third kappa shape index (κ3) is 5.40. The van der Waals surface area contributed by atoms with Crippen LogP contribution in [0.1, 0.15) is 32.1 Å². The standard InChI is InChI=1S/C13H23NO4S/c1-18-7-8-19-9-11(15)14-10-13(12(16)17)5-3-2-4-6-13/h2-10H2,1H3,(H,14,15)(H,16,17). The number of carbonyl (C=O) groups is 2. The van der Waals surface area contributed by atoms with Crippen LogP contribution in [0, 0.1) is 5.41 Å². The van der Waals surface area contributed by atoms with E-state index < -0.39 is 11.4 Å². The van der Waals surface area contributed by atoms with Crippen molar-refractivity contribution in [2.45, 2.75) is 32.1 Å². The van der Waals surface area contributed by atoms with Crippen LogP contribution in [0.15, 0.2) is 0 Å². The normalized spacial score (nSPS) is 17.9. The number of methoxy groups -OCH3 is 1. The number of nitrogens with one attached hydrogen (secondary N) is 1. The Balaban J connectivity index is 2.31. The number of rotatable bonds is 8. The zero-order valence-corrected chi connectivity index (χ0v) is 12.3. The Morgan fingerprint density at radius 2 is 2.00 bits per heavy atom. The molecule has 0 atom stereocenters. The van der Waals surface area contributed by atoms with E-state index in [9.17, 15) is 14.7 Å². The smallest absolute Gasteiger partial charge is 0.311 e. The molecule has 1 saturated carbocycles. The molecule has 0 aromatic carbocycles. The van der Waals surface area contributed by atoms with Gasteiger partial charge in [0.2, 0.25) is 5.91 Å². The Kier molecular flexibility index (Phi) is 7.23. The van der Waals surface area contributed by atoms with Crippen LogP contribution in [0.25, 0.3) is 0 Å². The molecule has 110 valence electrons. The lowest BCUT2D eigenvalue weighted by Crippen LogP contribution is -2.44. The van der Waals surface area contributed by atoms with E-state index in [1.807, 2.05) is 0 Å². The first-order valence-electron chi connectivity index (χ1n) is 6.67. The van der Waals surface area contributed by atoms with Gasteiger partial charge in [-0.15, -0.1) is 11.8 Å². The van der Waals surface area contributed by atoms with Crippen molar-refractivity contribution in [2.24, 2.45) is 5.41 Å². The van der Waals surface area contributed by atoms with Gasteiger partial charge in [-0.25, -0.2) is 0 Å². The Morgan fingerprint density at radius 1 is 1.32 bits per heavy atom. The van der Waals surface area contributed by atoms with Crippen molar-refractivity contribution in [1.29, 1.82) is 0 Å². The molecule has 1 amide bonds. The largest absolute Gasteiger partial charge is 0.481 e. The highest BCUT2D eigenvalue weighted by molar-refractivity contribution is 7.99. The fourth-order valence-electron chi connectivity index (χ4n) is 2.32. The molecular formula is C13H23NO4S. The molecule has 0 spiro atoms. The summed E-state index contributed by atoms with van der Waals surface area (Å²) in [4.78, 5) is 23.1. The van der Waals surface area contributed by atoms with Crippen molar-refractivity contribution in [1.82, 2.24) is 5.32 Å². The average molecular weight is 289 g/mol. The summed E-state index contributed by atoms with van der Waals surface area (Å²) in [5.74, 6) is 0.263. The highest BCUT2D eigenvalue weighted by atomic mass is 32.2. The van der Waals surface area contributed by atoms with Gasteiger partial charge < -0.3 is 15.2 Å². The first-order valence-corrected chi connectivity index (χ1v) is 7.83. The summed E-state index contributed by atoms with van der Waals surface area (Å²) in [5.41, 5.74) is -0.745. The summed E-state index contributed by atoms with van der Waals surface area (Å²) in [6.45, 7) is 0.878. The van der Waals surface area contributed by atoms with E-state index in [4.69, 9.17) is 4.74 Å². The fourth-order valence-corrected chi connectivity index (χ4v) is 3.04. The lowest BCUT2D eigenvalue weighted by Gasteiger charge is -2.33. The summed E-state index contributed by atoms with van der Waals surface area (Å²) in [6.07, 6.45) is 4.30. The maximum absolute atomic E-state index is 11.6. The second-order valence-electron chi connectivity index (χ2n) is 4.97. The van der Waals surface area contributed by atoms with Gasteiger partial charge in [-0.2, -0.15) is 0 Å². The lowest BCUT2D eigenvalue weighted by molar-refractivity contribution is -0.150. The van der Waals surface area contributed by atoms with E-state index >= 15 is 0 Å². The molecule has 0 heterocycles. The number of aliphatic carboxylic acids is 1.